The monoisotopic (exact) mass is 334 g/mol. The molecule has 0 radical (unpaired) electrons. The minimum Gasteiger partial charge on any atom is -0.454 e. The topological polar surface area (TPSA) is 115 Å². The zero-order valence-electron chi connectivity index (χ0n) is 13.0. The molecule has 1 aromatic carbocycles. The van der Waals surface area contributed by atoms with Crippen molar-refractivity contribution >= 4 is 17.9 Å². The van der Waals surface area contributed by atoms with E-state index in [9.17, 15) is 14.9 Å². The molecule has 0 unspecified atom stereocenters. The molecule has 0 atom stereocenters. The Morgan fingerprint density at radius 3 is 2.67 bits per heavy atom. The van der Waals surface area contributed by atoms with Gasteiger partial charge in [-0.3, -0.25) is 10.1 Å². The molecule has 1 aromatic rings. The van der Waals surface area contributed by atoms with Gasteiger partial charge in [0.1, 0.15) is 0 Å². The number of nitro groups is 1. The third kappa shape index (κ3) is 3.73. The van der Waals surface area contributed by atoms with Gasteiger partial charge in [0.05, 0.1) is 22.8 Å². The van der Waals surface area contributed by atoms with E-state index in [0.717, 1.165) is 25.7 Å². The van der Waals surface area contributed by atoms with Gasteiger partial charge in [-0.05, 0) is 18.9 Å². The largest absolute Gasteiger partial charge is 0.454 e. The summed E-state index contributed by atoms with van der Waals surface area (Å²) in [5.74, 6) is 0.732. The molecule has 0 spiro atoms. The first kappa shape index (κ1) is 16.0. The Balaban J connectivity index is 1.63. The van der Waals surface area contributed by atoms with Crippen molar-refractivity contribution in [1.82, 2.24) is 10.7 Å². The van der Waals surface area contributed by atoms with Crippen molar-refractivity contribution in [3.05, 3.63) is 27.8 Å². The van der Waals surface area contributed by atoms with Crippen LogP contribution >= 0.6 is 0 Å². The molecule has 1 saturated carbocycles. The zero-order valence-corrected chi connectivity index (χ0v) is 13.0. The number of carbonyl (C=O) groups excluding carboxylic acids is 1. The number of hydrogen-bond donors (Lipinski definition) is 2. The fourth-order valence-electron chi connectivity index (χ4n) is 2.83. The van der Waals surface area contributed by atoms with Crippen molar-refractivity contribution < 1.29 is 19.2 Å². The molecule has 9 heteroatoms. The minimum absolute atomic E-state index is 0.0229. The second-order valence-electron chi connectivity index (χ2n) is 5.70. The van der Waals surface area contributed by atoms with Crippen molar-refractivity contribution in [3.63, 3.8) is 0 Å². The predicted molar refractivity (Wildman–Crippen MR) is 85.4 cm³/mol. The number of carbonyl (C=O) groups is 1. The molecule has 0 bridgehead atoms. The van der Waals surface area contributed by atoms with Crippen LogP contribution in [0.25, 0.3) is 0 Å². The van der Waals surface area contributed by atoms with Crippen molar-refractivity contribution in [2.75, 3.05) is 6.79 Å². The molecule has 1 fully saturated rings. The second-order valence-corrected chi connectivity index (χ2v) is 5.70. The van der Waals surface area contributed by atoms with Crippen LogP contribution in [-0.2, 0) is 0 Å². The number of nitro benzene ring substituents is 1. The average Bonchev–Trinajstić information content (AvgIpc) is 3.02. The van der Waals surface area contributed by atoms with Gasteiger partial charge in [-0.1, -0.05) is 19.3 Å². The smallest absolute Gasteiger partial charge is 0.335 e. The molecule has 3 rings (SSSR count). The van der Waals surface area contributed by atoms with Gasteiger partial charge in [-0.2, -0.15) is 5.10 Å². The maximum Gasteiger partial charge on any atom is 0.335 e. The predicted octanol–water partition coefficient (Wildman–Crippen LogP) is 2.29. The number of rotatable bonds is 4. The van der Waals surface area contributed by atoms with E-state index in [1.54, 1.807) is 0 Å². The van der Waals surface area contributed by atoms with E-state index in [4.69, 9.17) is 9.47 Å². The van der Waals surface area contributed by atoms with E-state index in [0.29, 0.717) is 11.5 Å². The van der Waals surface area contributed by atoms with Gasteiger partial charge in [0.2, 0.25) is 6.79 Å². The van der Waals surface area contributed by atoms with Crippen LogP contribution in [0.5, 0.6) is 11.5 Å². The maximum atomic E-state index is 11.8. The van der Waals surface area contributed by atoms with E-state index in [1.165, 1.54) is 24.8 Å². The molecule has 1 aliphatic heterocycles. The third-order valence-corrected chi connectivity index (χ3v) is 4.03. The summed E-state index contributed by atoms with van der Waals surface area (Å²) in [6.07, 6.45) is 6.57. The summed E-state index contributed by atoms with van der Waals surface area (Å²) in [7, 11) is 0. The Hall–Kier alpha value is -2.84. The molecular weight excluding hydrogens is 316 g/mol. The maximum absolute atomic E-state index is 11.8. The van der Waals surface area contributed by atoms with Crippen molar-refractivity contribution in [2.24, 2.45) is 5.10 Å². The molecule has 0 saturated heterocycles. The molecule has 0 aromatic heterocycles. The summed E-state index contributed by atoms with van der Waals surface area (Å²) in [6.45, 7) is 0.0229. The Morgan fingerprint density at radius 1 is 1.25 bits per heavy atom. The van der Waals surface area contributed by atoms with Crippen LogP contribution in [0.4, 0.5) is 10.5 Å². The van der Waals surface area contributed by atoms with Crippen molar-refractivity contribution in [3.8, 4) is 11.5 Å². The normalized spacial score (nSPS) is 17.0. The number of amides is 2. The molecule has 1 heterocycles. The molecule has 2 N–H and O–H groups in total. The van der Waals surface area contributed by atoms with Crippen LogP contribution in [-0.4, -0.2) is 30.0 Å². The number of benzene rings is 1. The summed E-state index contributed by atoms with van der Waals surface area (Å²) in [5, 5.41) is 17.8. The third-order valence-electron chi connectivity index (χ3n) is 4.03. The summed E-state index contributed by atoms with van der Waals surface area (Å²) < 4.78 is 10.3. The molecule has 9 nitrogen and oxygen atoms in total. The van der Waals surface area contributed by atoms with Crippen LogP contribution in [0.3, 0.4) is 0 Å². The van der Waals surface area contributed by atoms with Crippen LogP contribution < -0.4 is 20.2 Å². The van der Waals surface area contributed by atoms with Gasteiger partial charge in [0.25, 0.3) is 5.69 Å². The molecule has 1 aliphatic carbocycles. The molecule has 2 amide bonds. The number of urea groups is 1. The van der Waals surface area contributed by atoms with Crippen LogP contribution in [0.2, 0.25) is 0 Å². The highest BCUT2D eigenvalue weighted by molar-refractivity contribution is 5.88. The molecule has 24 heavy (non-hydrogen) atoms. The lowest BCUT2D eigenvalue weighted by Gasteiger charge is -2.22. The highest BCUT2D eigenvalue weighted by Crippen LogP contribution is 2.37. The summed E-state index contributed by atoms with van der Waals surface area (Å²) in [4.78, 5) is 22.4. The summed E-state index contributed by atoms with van der Waals surface area (Å²) in [6, 6.07) is 2.49. The summed E-state index contributed by atoms with van der Waals surface area (Å²) in [5.41, 5.74) is 2.39. The van der Waals surface area contributed by atoms with Gasteiger partial charge in [0, 0.05) is 6.04 Å². The number of nitrogens with one attached hydrogen (secondary N) is 2. The number of nitrogens with zero attached hydrogens (tertiary/aromatic N) is 2. The quantitative estimate of drug-likeness (QED) is 0.498. The first-order valence-electron chi connectivity index (χ1n) is 7.81. The van der Waals surface area contributed by atoms with Crippen LogP contribution in [0.15, 0.2) is 17.2 Å². The SMILES string of the molecule is O=C(N/N=C/c1cc2c(cc1[N+](=O)[O-])OCO2)NC1CCCCC1. The van der Waals surface area contributed by atoms with E-state index in [1.807, 2.05) is 0 Å². The van der Waals surface area contributed by atoms with Gasteiger partial charge in [-0.25, -0.2) is 10.2 Å². The van der Waals surface area contributed by atoms with Gasteiger partial charge >= 0.3 is 6.03 Å². The second kappa shape index (κ2) is 7.16. The number of ether oxygens (including phenoxy) is 2. The highest BCUT2D eigenvalue weighted by atomic mass is 16.7. The minimum atomic E-state index is -0.536. The van der Waals surface area contributed by atoms with Gasteiger partial charge in [-0.15, -0.1) is 0 Å². The summed E-state index contributed by atoms with van der Waals surface area (Å²) >= 11 is 0. The van der Waals surface area contributed by atoms with E-state index >= 15 is 0 Å². The first-order chi connectivity index (χ1) is 11.6. The zero-order chi connectivity index (χ0) is 16.9. The van der Waals surface area contributed by atoms with Crippen molar-refractivity contribution in [2.45, 2.75) is 38.1 Å². The fraction of sp³-hybridized carbons (Fsp3) is 0.467. The van der Waals surface area contributed by atoms with Gasteiger partial charge < -0.3 is 14.8 Å². The molecular formula is C15H18N4O5. The van der Waals surface area contributed by atoms with Crippen LogP contribution in [0.1, 0.15) is 37.7 Å². The Kier molecular flexibility index (Phi) is 4.78. The van der Waals surface area contributed by atoms with Crippen molar-refractivity contribution in [1.29, 1.82) is 0 Å². The molecule has 2 aliphatic rings. The Morgan fingerprint density at radius 2 is 1.96 bits per heavy atom. The first-order valence-corrected chi connectivity index (χ1v) is 7.81. The van der Waals surface area contributed by atoms with Gasteiger partial charge in [0.15, 0.2) is 11.5 Å². The lowest BCUT2D eigenvalue weighted by Crippen LogP contribution is -2.41. The average molecular weight is 334 g/mol. The number of hydrogen-bond acceptors (Lipinski definition) is 6. The lowest BCUT2D eigenvalue weighted by molar-refractivity contribution is -0.385. The Bertz CT molecular complexity index is 670. The highest BCUT2D eigenvalue weighted by Gasteiger charge is 2.22. The van der Waals surface area contributed by atoms with E-state index < -0.39 is 11.0 Å². The Labute approximate surface area is 138 Å². The number of hydrazone groups is 1. The van der Waals surface area contributed by atoms with E-state index in [-0.39, 0.29) is 24.1 Å². The van der Waals surface area contributed by atoms with Crippen LogP contribution in [0, 0.1) is 10.1 Å². The fourth-order valence-corrected chi connectivity index (χ4v) is 2.83. The number of fused-ring (bicyclic) bond motifs is 1. The molecule has 128 valence electrons. The lowest BCUT2D eigenvalue weighted by atomic mass is 9.96. The standard InChI is InChI=1S/C15H18N4O5/c20-15(17-11-4-2-1-3-5-11)18-16-8-10-6-13-14(24-9-23-13)7-12(10)19(21)22/h6-8,11H,1-5,9H2,(H2,17,18,20)/b16-8+. The van der Waals surface area contributed by atoms with E-state index in [2.05, 4.69) is 15.8 Å².